The van der Waals surface area contributed by atoms with Crippen LogP contribution in [0.2, 0.25) is 0 Å². The first-order valence-corrected chi connectivity index (χ1v) is 9.38. The van der Waals surface area contributed by atoms with Crippen LogP contribution in [0.1, 0.15) is 30.4 Å². The molecule has 0 bridgehead atoms. The third-order valence-corrected chi connectivity index (χ3v) is 4.94. The third-order valence-electron chi connectivity index (χ3n) is 4.94. The van der Waals surface area contributed by atoms with Crippen LogP contribution in [-0.4, -0.2) is 18.1 Å². The fraction of sp³-hybridized carbons (Fsp3) is 0.318. The minimum Gasteiger partial charge on any atom is -0.490 e. The highest BCUT2D eigenvalue weighted by atomic mass is 19.4. The third kappa shape index (κ3) is 5.38. The monoisotopic (exact) mass is 404 g/mol. The first-order valence-electron chi connectivity index (χ1n) is 9.38. The number of alkyl halides is 3. The number of hydrogen-bond acceptors (Lipinski definition) is 3. The molecular weight excluding hydrogens is 381 g/mol. The van der Waals surface area contributed by atoms with Gasteiger partial charge < -0.3 is 15.4 Å². The van der Waals surface area contributed by atoms with Crippen LogP contribution in [0.25, 0.3) is 0 Å². The Kier molecular flexibility index (Phi) is 6.27. The number of benzene rings is 2. The van der Waals surface area contributed by atoms with E-state index in [-0.39, 0.29) is 24.6 Å². The Bertz CT molecular complexity index is 848. The van der Waals surface area contributed by atoms with E-state index in [1.165, 1.54) is 23.1 Å². The van der Waals surface area contributed by atoms with E-state index in [9.17, 15) is 18.0 Å². The van der Waals surface area contributed by atoms with Crippen molar-refractivity contribution in [2.45, 2.75) is 44.1 Å². The summed E-state index contributed by atoms with van der Waals surface area (Å²) in [7, 11) is 0. The van der Waals surface area contributed by atoms with E-state index in [1.54, 1.807) is 24.3 Å². The molecule has 1 amide bonds. The van der Waals surface area contributed by atoms with Crippen molar-refractivity contribution < 1.29 is 22.7 Å². The topological polar surface area (TPSA) is 55.6 Å². The lowest BCUT2D eigenvalue weighted by molar-refractivity contribution is -0.137. The zero-order valence-corrected chi connectivity index (χ0v) is 15.9. The van der Waals surface area contributed by atoms with Crippen molar-refractivity contribution in [3.63, 3.8) is 0 Å². The number of nitrogens with two attached hydrogens (primary N) is 1. The SMILES string of the molecule is C=CC(=O)N(Cc1ccc(C(F)(F)F)cc1)c1ccc(O[C@@H]2CC[C@@H](N)C2)cc1. The van der Waals surface area contributed by atoms with Gasteiger partial charge in [-0.15, -0.1) is 0 Å². The van der Waals surface area contributed by atoms with E-state index < -0.39 is 11.7 Å². The van der Waals surface area contributed by atoms with Crippen LogP contribution in [0.5, 0.6) is 5.75 Å². The molecule has 0 aliphatic heterocycles. The Morgan fingerprint density at radius 3 is 2.31 bits per heavy atom. The number of rotatable bonds is 6. The highest BCUT2D eigenvalue weighted by molar-refractivity contribution is 6.01. The molecule has 3 rings (SSSR count). The molecule has 2 atom stereocenters. The van der Waals surface area contributed by atoms with Crippen molar-refractivity contribution in [2.75, 3.05) is 4.90 Å². The lowest BCUT2D eigenvalue weighted by Gasteiger charge is -2.22. The Morgan fingerprint density at radius 2 is 1.79 bits per heavy atom. The molecule has 0 aromatic heterocycles. The van der Waals surface area contributed by atoms with Crippen LogP contribution in [-0.2, 0) is 17.5 Å². The molecule has 4 nitrogen and oxygen atoms in total. The van der Waals surface area contributed by atoms with Gasteiger partial charge in [0.05, 0.1) is 12.1 Å². The number of nitrogens with zero attached hydrogens (tertiary/aromatic N) is 1. The van der Waals surface area contributed by atoms with Gasteiger partial charge in [0.15, 0.2) is 0 Å². The van der Waals surface area contributed by atoms with E-state index in [2.05, 4.69) is 6.58 Å². The van der Waals surface area contributed by atoms with Gasteiger partial charge in [0, 0.05) is 11.7 Å². The summed E-state index contributed by atoms with van der Waals surface area (Å²) in [5, 5.41) is 0. The quantitative estimate of drug-likeness (QED) is 0.711. The maximum Gasteiger partial charge on any atom is 0.416 e. The van der Waals surface area contributed by atoms with Crippen molar-refractivity contribution in [1.82, 2.24) is 0 Å². The molecule has 0 heterocycles. The van der Waals surface area contributed by atoms with Crippen molar-refractivity contribution in [3.8, 4) is 5.75 Å². The molecule has 1 saturated carbocycles. The molecule has 1 aliphatic rings. The number of ether oxygens (including phenoxy) is 1. The van der Waals surface area contributed by atoms with Gasteiger partial charge in [-0.3, -0.25) is 4.79 Å². The van der Waals surface area contributed by atoms with Crippen molar-refractivity contribution in [1.29, 1.82) is 0 Å². The number of carbonyl (C=O) groups excluding carboxylic acids is 1. The average Bonchev–Trinajstić information content (AvgIpc) is 3.10. The molecule has 2 aromatic carbocycles. The van der Waals surface area contributed by atoms with E-state index in [0.717, 1.165) is 31.4 Å². The van der Waals surface area contributed by atoms with Gasteiger partial charge in [0.25, 0.3) is 5.91 Å². The van der Waals surface area contributed by atoms with Gasteiger partial charge in [-0.25, -0.2) is 0 Å². The predicted molar refractivity (Wildman–Crippen MR) is 106 cm³/mol. The molecule has 2 N–H and O–H groups in total. The maximum atomic E-state index is 12.7. The molecule has 0 saturated heterocycles. The van der Waals surface area contributed by atoms with Gasteiger partial charge in [-0.05, 0) is 67.3 Å². The second-order valence-electron chi connectivity index (χ2n) is 7.13. The number of anilines is 1. The molecule has 154 valence electrons. The van der Waals surface area contributed by atoms with Crippen molar-refractivity contribution in [2.24, 2.45) is 5.73 Å². The summed E-state index contributed by atoms with van der Waals surface area (Å²) in [6, 6.07) is 12.0. The molecular formula is C22H23F3N2O2. The summed E-state index contributed by atoms with van der Waals surface area (Å²) in [5.74, 6) is 0.341. The zero-order valence-electron chi connectivity index (χ0n) is 15.9. The number of hydrogen-bond donors (Lipinski definition) is 1. The zero-order chi connectivity index (χ0) is 21.0. The molecule has 2 aromatic rings. The molecule has 7 heteroatoms. The molecule has 0 spiro atoms. The highest BCUT2D eigenvalue weighted by Gasteiger charge is 2.30. The Balaban J connectivity index is 1.73. The Morgan fingerprint density at radius 1 is 1.14 bits per heavy atom. The van der Waals surface area contributed by atoms with Crippen LogP contribution in [0.3, 0.4) is 0 Å². The molecule has 1 aliphatic carbocycles. The summed E-state index contributed by atoms with van der Waals surface area (Å²) in [6.45, 7) is 3.64. The highest BCUT2D eigenvalue weighted by Crippen LogP contribution is 2.30. The second-order valence-corrected chi connectivity index (χ2v) is 7.13. The largest absolute Gasteiger partial charge is 0.490 e. The number of halogens is 3. The summed E-state index contributed by atoms with van der Waals surface area (Å²) in [4.78, 5) is 13.8. The fourth-order valence-corrected chi connectivity index (χ4v) is 3.37. The fourth-order valence-electron chi connectivity index (χ4n) is 3.37. The Hall–Kier alpha value is -2.80. The summed E-state index contributed by atoms with van der Waals surface area (Å²) in [5.41, 5.74) is 6.36. The van der Waals surface area contributed by atoms with Gasteiger partial charge in [0.2, 0.25) is 0 Å². The molecule has 29 heavy (non-hydrogen) atoms. The van der Waals surface area contributed by atoms with Crippen LogP contribution < -0.4 is 15.4 Å². The summed E-state index contributed by atoms with van der Waals surface area (Å²) in [6.07, 6.45) is -0.455. The lowest BCUT2D eigenvalue weighted by atomic mass is 10.1. The van der Waals surface area contributed by atoms with E-state index in [0.29, 0.717) is 17.0 Å². The Labute approximate surface area is 167 Å². The smallest absolute Gasteiger partial charge is 0.416 e. The molecule has 1 fully saturated rings. The van der Waals surface area contributed by atoms with Crippen LogP contribution in [0, 0.1) is 0 Å². The second kappa shape index (κ2) is 8.69. The lowest BCUT2D eigenvalue weighted by Crippen LogP contribution is -2.28. The van der Waals surface area contributed by atoms with Gasteiger partial charge in [0.1, 0.15) is 11.9 Å². The van der Waals surface area contributed by atoms with E-state index in [4.69, 9.17) is 10.5 Å². The summed E-state index contributed by atoms with van der Waals surface area (Å²) >= 11 is 0. The summed E-state index contributed by atoms with van der Waals surface area (Å²) < 4.78 is 44.1. The van der Waals surface area contributed by atoms with Crippen LogP contribution >= 0.6 is 0 Å². The standard InChI is InChI=1S/C22H23F3N2O2/c1-2-21(28)27(14-15-3-5-16(6-4-15)22(23,24)25)18-8-11-19(12-9-18)29-20-10-7-17(26)13-20/h2-6,8-9,11-12,17,20H,1,7,10,13-14,26H2/t17-,20-/m1/s1. The molecule has 0 radical (unpaired) electrons. The normalized spacial score (nSPS) is 19.0. The van der Waals surface area contributed by atoms with Crippen LogP contribution in [0.4, 0.5) is 18.9 Å². The van der Waals surface area contributed by atoms with E-state index in [1.807, 2.05) is 0 Å². The minimum atomic E-state index is -4.39. The van der Waals surface area contributed by atoms with Crippen molar-refractivity contribution in [3.05, 3.63) is 72.3 Å². The van der Waals surface area contributed by atoms with Gasteiger partial charge >= 0.3 is 6.18 Å². The number of carbonyl (C=O) groups is 1. The minimum absolute atomic E-state index is 0.0916. The van der Waals surface area contributed by atoms with Crippen LogP contribution in [0.15, 0.2) is 61.2 Å². The number of amides is 1. The average molecular weight is 404 g/mol. The van der Waals surface area contributed by atoms with Crippen molar-refractivity contribution >= 4 is 11.6 Å². The first-order chi connectivity index (χ1) is 13.8. The molecule has 0 unspecified atom stereocenters. The predicted octanol–water partition coefficient (Wildman–Crippen LogP) is 4.68. The maximum absolute atomic E-state index is 12.7. The van der Waals surface area contributed by atoms with Gasteiger partial charge in [-0.2, -0.15) is 13.2 Å². The van der Waals surface area contributed by atoms with E-state index >= 15 is 0 Å². The van der Waals surface area contributed by atoms with Gasteiger partial charge in [-0.1, -0.05) is 18.7 Å². The first kappa shape index (κ1) is 20.9.